The van der Waals surface area contributed by atoms with E-state index in [1.807, 2.05) is 31.2 Å². The maximum Gasteiger partial charge on any atom is 0.326 e. The number of benzene rings is 3. The van der Waals surface area contributed by atoms with Gasteiger partial charge in [0.15, 0.2) is 11.5 Å². The number of nitrogens with one attached hydrogen (secondary N) is 1. The first kappa shape index (κ1) is 20.3. The van der Waals surface area contributed by atoms with Gasteiger partial charge in [-0.15, -0.1) is 0 Å². The summed E-state index contributed by atoms with van der Waals surface area (Å²) >= 11 is 0. The molecule has 156 valence electrons. The number of para-hydroxylation sites is 2. The molecule has 4 rings (SSSR count). The van der Waals surface area contributed by atoms with Crippen LogP contribution in [0.1, 0.15) is 12.5 Å². The van der Waals surface area contributed by atoms with Gasteiger partial charge in [-0.1, -0.05) is 42.0 Å². The van der Waals surface area contributed by atoms with Crippen molar-refractivity contribution in [3.63, 3.8) is 0 Å². The Labute approximate surface area is 179 Å². The van der Waals surface area contributed by atoms with Gasteiger partial charge in [0.05, 0.1) is 11.0 Å². The zero-order chi connectivity index (χ0) is 22.0. The molecular formula is C25H22N2O4. The highest BCUT2D eigenvalue weighted by molar-refractivity contribution is 5.96. The monoisotopic (exact) mass is 414 g/mol. The van der Waals surface area contributed by atoms with Gasteiger partial charge < -0.3 is 14.6 Å². The van der Waals surface area contributed by atoms with E-state index in [9.17, 15) is 14.4 Å². The van der Waals surface area contributed by atoms with Gasteiger partial charge in [0.1, 0.15) is 6.54 Å². The average Bonchev–Trinajstić information content (AvgIpc) is 2.78. The van der Waals surface area contributed by atoms with E-state index < -0.39 is 18.0 Å². The van der Waals surface area contributed by atoms with Crippen LogP contribution in [0.2, 0.25) is 0 Å². The molecule has 1 heterocycles. The van der Waals surface area contributed by atoms with Crippen molar-refractivity contribution >= 4 is 39.4 Å². The second kappa shape index (κ2) is 8.44. The second-order valence-electron chi connectivity index (χ2n) is 7.44. The molecule has 1 atom stereocenters. The Bertz CT molecular complexity index is 1280. The molecule has 0 saturated carbocycles. The van der Waals surface area contributed by atoms with E-state index >= 15 is 0 Å². The molecule has 0 spiro atoms. The summed E-state index contributed by atoms with van der Waals surface area (Å²) in [6, 6.07) is 21.6. The molecular weight excluding hydrogens is 392 g/mol. The summed E-state index contributed by atoms with van der Waals surface area (Å²) in [6.07, 6.45) is -0.967. The average molecular weight is 414 g/mol. The molecule has 0 aliphatic carbocycles. The second-order valence-corrected chi connectivity index (χ2v) is 7.44. The Hall–Kier alpha value is -3.93. The molecule has 31 heavy (non-hydrogen) atoms. The Balaban J connectivity index is 1.56. The van der Waals surface area contributed by atoms with Crippen LogP contribution in [0.15, 0.2) is 77.6 Å². The van der Waals surface area contributed by atoms with Gasteiger partial charge in [-0.2, -0.15) is 0 Å². The van der Waals surface area contributed by atoms with Crippen LogP contribution in [0.4, 0.5) is 5.69 Å². The fraction of sp³-hybridized carbons (Fsp3) is 0.160. The lowest BCUT2D eigenvalue weighted by Gasteiger charge is -2.17. The first-order valence-electron chi connectivity index (χ1n) is 10.0. The third-order valence-electron chi connectivity index (χ3n) is 5.16. The van der Waals surface area contributed by atoms with Crippen molar-refractivity contribution in [2.24, 2.45) is 0 Å². The van der Waals surface area contributed by atoms with E-state index in [-0.39, 0.29) is 12.0 Å². The smallest absolute Gasteiger partial charge is 0.326 e. The molecule has 1 aromatic heterocycles. The van der Waals surface area contributed by atoms with Crippen molar-refractivity contribution in [3.8, 4) is 0 Å². The number of rotatable bonds is 5. The highest BCUT2D eigenvalue weighted by Crippen LogP contribution is 2.19. The third-order valence-corrected chi connectivity index (χ3v) is 5.16. The van der Waals surface area contributed by atoms with Gasteiger partial charge >= 0.3 is 5.97 Å². The normalized spacial score (nSPS) is 11.9. The lowest BCUT2D eigenvalue weighted by atomic mass is 10.1. The summed E-state index contributed by atoms with van der Waals surface area (Å²) in [5.74, 6) is -0.975. The van der Waals surface area contributed by atoms with Crippen molar-refractivity contribution < 1.29 is 14.3 Å². The topological polar surface area (TPSA) is 77.4 Å². The number of hydrogen-bond acceptors (Lipinski definition) is 4. The van der Waals surface area contributed by atoms with Crippen LogP contribution in [0.25, 0.3) is 21.8 Å². The number of ether oxygens (including phenoxy) is 1. The Morgan fingerprint density at radius 3 is 2.03 bits per heavy atom. The number of carbonyl (C=O) groups excluding carboxylic acids is 2. The maximum absolute atomic E-state index is 12.8. The number of aryl methyl sites for hydroxylation is 1. The minimum Gasteiger partial charge on any atom is -0.451 e. The summed E-state index contributed by atoms with van der Waals surface area (Å²) in [5, 5.41) is 3.79. The molecule has 1 amide bonds. The van der Waals surface area contributed by atoms with Gasteiger partial charge in [-0.3, -0.25) is 14.4 Å². The van der Waals surface area contributed by atoms with Crippen LogP contribution < -0.4 is 10.7 Å². The molecule has 6 nitrogen and oxygen atoms in total. The van der Waals surface area contributed by atoms with Crippen LogP contribution in [0.3, 0.4) is 0 Å². The fourth-order valence-corrected chi connectivity index (χ4v) is 3.55. The Kier molecular flexibility index (Phi) is 5.54. The van der Waals surface area contributed by atoms with E-state index in [4.69, 9.17) is 4.74 Å². The lowest BCUT2D eigenvalue weighted by Crippen LogP contribution is -2.31. The summed E-state index contributed by atoms with van der Waals surface area (Å²) in [5.41, 5.74) is 2.91. The van der Waals surface area contributed by atoms with E-state index in [2.05, 4.69) is 5.32 Å². The number of carbonyl (C=O) groups is 2. The Morgan fingerprint density at radius 1 is 0.903 bits per heavy atom. The van der Waals surface area contributed by atoms with Gasteiger partial charge in [0.2, 0.25) is 0 Å². The zero-order valence-corrected chi connectivity index (χ0v) is 17.3. The zero-order valence-electron chi connectivity index (χ0n) is 17.3. The van der Waals surface area contributed by atoms with Crippen LogP contribution in [0.5, 0.6) is 0 Å². The number of amides is 1. The van der Waals surface area contributed by atoms with E-state index in [0.717, 1.165) is 5.56 Å². The summed E-state index contributed by atoms with van der Waals surface area (Å²) in [6.45, 7) is 3.37. The highest BCUT2D eigenvalue weighted by Gasteiger charge is 2.20. The number of anilines is 1. The van der Waals surface area contributed by atoms with Gasteiger partial charge in [-0.25, -0.2) is 0 Å². The molecule has 0 radical (unpaired) electrons. The molecule has 0 bridgehead atoms. The van der Waals surface area contributed by atoms with Crippen LogP contribution in [0, 0.1) is 6.92 Å². The molecule has 4 aromatic rings. The highest BCUT2D eigenvalue weighted by atomic mass is 16.5. The number of hydrogen-bond donors (Lipinski definition) is 1. The Morgan fingerprint density at radius 2 is 1.45 bits per heavy atom. The minimum absolute atomic E-state index is 0.0818. The molecule has 1 N–H and O–H groups in total. The van der Waals surface area contributed by atoms with E-state index in [0.29, 0.717) is 27.5 Å². The van der Waals surface area contributed by atoms with Gasteiger partial charge in [0.25, 0.3) is 5.91 Å². The van der Waals surface area contributed by atoms with E-state index in [1.54, 1.807) is 53.1 Å². The van der Waals surface area contributed by atoms with Crippen molar-refractivity contribution in [1.82, 2.24) is 4.57 Å². The number of pyridine rings is 1. The van der Waals surface area contributed by atoms with Crippen molar-refractivity contribution in [2.75, 3.05) is 5.32 Å². The molecule has 1 unspecified atom stereocenters. The predicted molar refractivity (Wildman–Crippen MR) is 121 cm³/mol. The minimum atomic E-state index is -0.967. The molecule has 0 aliphatic rings. The lowest BCUT2D eigenvalue weighted by molar-refractivity contribution is -0.153. The van der Waals surface area contributed by atoms with Gasteiger partial charge in [0, 0.05) is 16.5 Å². The van der Waals surface area contributed by atoms with Crippen molar-refractivity contribution in [3.05, 3.63) is 88.6 Å². The molecule has 0 fully saturated rings. The SMILES string of the molecule is Cc1ccc(NC(=O)C(C)OC(=O)Cn2c3ccccc3c(=O)c3ccccc32)cc1. The molecule has 0 aliphatic heterocycles. The standard InChI is InChI=1S/C25H22N2O4/c1-16-11-13-18(14-12-16)26-25(30)17(2)31-23(28)15-27-21-9-5-3-7-19(21)24(29)20-8-4-6-10-22(20)27/h3-14,17H,15H2,1-2H3,(H,26,30). The van der Waals surface area contributed by atoms with Gasteiger partial charge in [-0.05, 0) is 50.2 Å². The summed E-state index contributed by atoms with van der Waals surface area (Å²) in [7, 11) is 0. The summed E-state index contributed by atoms with van der Waals surface area (Å²) in [4.78, 5) is 37.9. The van der Waals surface area contributed by atoms with E-state index in [1.165, 1.54) is 6.92 Å². The quantitative estimate of drug-likeness (QED) is 0.395. The maximum atomic E-state index is 12.8. The third kappa shape index (κ3) is 4.19. The summed E-state index contributed by atoms with van der Waals surface area (Å²) < 4.78 is 7.14. The van der Waals surface area contributed by atoms with Crippen LogP contribution >= 0.6 is 0 Å². The molecule has 0 saturated heterocycles. The van der Waals surface area contributed by atoms with Crippen LogP contribution in [-0.2, 0) is 20.9 Å². The van der Waals surface area contributed by atoms with Crippen molar-refractivity contribution in [2.45, 2.75) is 26.5 Å². The predicted octanol–water partition coefficient (Wildman–Crippen LogP) is 4.03. The first-order valence-corrected chi connectivity index (χ1v) is 10.0. The number of nitrogens with zero attached hydrogens (tertiary/aromatic N) is 1. The molecule has 3 aromatic carbocycles. The number of esters is 1. The molecule has 6 heteroatoms. The largest absolute Gasteiger partial charge is 0.451 e. The van der Waals surface area contributed by atoms with Crippen LogP contribution in [-0.4, -0.2) is 22.5 Å². The number of aromatic nitrogens is 1. The van der Waals surface area contributed by atoms with Crippen molar-refractivity contribution in [1.29, 1.82) is 0 Å². The fourth-order valence-electron chi connectivity index (χ4n) is 3.55. The number of fused-ring (bicyclic) bond motifs is 2. The first-order chi connectivity index (χ1) is 14.9.